The lowest BCUT2D eigenvalue weighted by Crippen LogP contribution is -2.25. The van der Waals surface area contributed by atoms with E-state index >= 15 is 0 Å². The van der Waals surface area contributed by atoms with E-state index in [1.165, 1.54) is 7.05 Å². The van der Waals surface area contributed by atoms with Gasteiger partial charge in [0.2, 0.25) is 0 Å². The van der Waals surface area contributed by atoms with E-state index in [1.54, 1.807) is 25.4 Å². The van der Waals surface area contributed by atoms with E-state index < -0.39 is 12.7 Å². The van der Waals surface area contributed by atoms with Crippen LogP contribution in [0.25, 0.3) is 22.4 Å². The summed E-state index contributed by atoms with van der Waals surface area (Å²) in [4.78, 5) is 26.7. The Labute approximate surface area is 180 Å². The maximum absolute atomic E-state index is 11.0. The van der Waals surface area contributed by atoms with Crippen molar-refractivity contribution in [1.82, 2.24) is 25.3 Å². The van der Waals surface area contributed by atoms with Gasteiger partial charge in [-0.3, -0.25) is 0 Å². The normalized spacial score (nSPS) is 11.0. The number of aromatic amines is 1. The molecule has 3 N–H and O–H groups in total. The lowest BCUT2D eigenvalue weighted by atomic mass is 10.2. The minimum absolute atomic E-state index is 0.289. The fourth-order valence-corrected chi connectivity index (χ4v) is 2.18. The Kier molecular flexibility index (Phi) is 13.4. The summed E-state index contributed by atoms with van der Waals surface area (Å²) in [6.07, 6.45) is 2.00. The first kappa shape index (κ1) is 28.0. The highest BCUT2D eigenvalue weighted by Gasteiger charge is 2.24. The van der Waals surface area contributed by atoms with Gasteiger partial charge in [-0.05, 0) is 32.2 Å². The molecule has 172 valence electrons. The molecule has 0 saturated carbocycles. The first-order valence-corrected chi connectivity index (χ1v) is 10.0. The van der Waals surface area contributed by atoms with Crippen molar-refractivity contribution in [2.24, 2.45) is 0 Å². The average molecular weight is 441 g/mol. The maximum atomic E-state index is 11.0. The third kappa shape index (κ3) is 10.0. The zero-order valence-electron chi connectivity index (χ0n) is 18.7. The summed E-state index contributed by atoms with van der Waals surface area (Å²) >= 11 is 0. The molecule has 31 heavy (non-hydrogen) atoms. The lowest BCUT2D eigenvalue weighted by molar-refractivity contribution is -0.123. The minimum atomic E-state index is -4.06. The molecule has 0 spiro atoms. The van der Waals surface area contributed by atoms with Crippen LogP contribution in [0.3, 0.4) is 0 Å². The number of pyridine rings is 1. The maximum Gasteiger partial charge on any atom is 0.401 e. The molecule has 0 aromatic carbocycles. The Morgan fingerprint density at radius 3 is 2.35 bits per heavy atom. The number of anilines is 1. The average Bonchev–Trinajstić information content (AvgIpc) is 3.20. The van der Waals surface area contributed by atoms with Gasteiger partial charge in [-0.1, -0.05) is 27.7 Å². The molecule has 1 atom stereocenters. The molecule has 0 unspecified atom stereocenters. The van der Waals surface area contributed by atoms with Gasteiger partial charge in [0, 0.05) is 29.5 Å². The number of carbonyl (C=O) groups is 1. The fraction of sp³-hybridized carbons (Fsp3) is 0.429. The molecule has 7 nitrogen and oxygen atoms in total. The van der Waals surface area contributed by atoms with Crippen LogP contribution in [-0.2, 0) is 4.79 Å². The van der Waals surface area contributed by atoms with Gasteiger partial charge in [0.1, 0.15) is 17.8 Å². The fourth-order valence-electron chi connectivity index (χ4n) is 2.18. The van der Waals surface area contributed by atoms with Crippen molar-refractivity contribution >= 4 is 23.1 Å². The van der Waals surface area contributed by atoms with Gasteiger partial charge in [-0.2, -0.15) is 13.2 Å². The van der Waals surface area contributed by atoms with Crippen LogP contribution in [0.4, 0.5) is 19.0 Å². The van der Waals surface area contributed by atoms with E-state index in [1.807, 2.05) is 51.3 Å². The molecule has 0 aliphatic carbocycles. The Hall–Kier alpha value is -3.01. The van der Waals surface area contributed by atoms with Crippen LogP contribution >= 0.6 is 0 Å². The molecule has 0 radical (unpaired) electrons. The van der Waals surface area contributed by atoms with Gasteiger partial charge >= 0.3 is 6.18 Å². The summed E-state index contributed by atoms with van der Waals surface area (Å²) in [5, 5.41) is 5.95. The quantitative estimate of drug-likeness (QED) is 0.492. The van der Waals surface area contributed by atoms with Crippen molar-refractivity contribution in [3.05, 3.63) is 36.8 Å². The van der Waals surface area contributed by atoms with Crippen LogP contribution in [-0.4, -0.2) is 52.0 Å². The van der Waals surface area contributed by atoms with Gasteiger partial charge in [0.05, 0.1) is 12.6 Å². The van der Waals surface area contributed by atoms with E-state index in [0.717, 1.165) is 22.9 Å². The number of fused-ring (bicyclic) bond motifs is 1. The van der Waals surface area contributed by atoms with Crippen molar-refractivity contribution in [3.63, 3.8) is 0 Å². The molecule has 0 saturated heterocycles. The van der Waals surface area contributed by atoms with Gasteiger partial charge in [0.15, 0.2) is 5.82 Å². The highest BCUT2D eigenvalue weighted by molar-refractivity contribution is 5.91. The van der Waals surface area contributed by atoms with Crippen LogP contribution in [0.15, 0.2) is 36.8 Å². The van der Waals surface area contributed by atoms with Crippen molar-refractivity contribution in [3.8, 4) is 11.4 Å². The first-order valence-electron chi connectivity index (χ1n) is 10.0. The molecule has 0 bridgehead atoms. The molecule has 3 heterocycles. The van der Waals surface area contributed by atoms with E-state index in [4.69, 9.17) is 0 Å². The number of nitrogens with one attached hydrogen (secondary N) is 3. The van der Waals surface area contributed by atoms with Crippen LogP contribution in [0.2, 0.25) is 0 Å². The largest absolute Gasteiger partial charge is 0.401 e. The number of H-pyrrole nitrogens is 1. The summed E-state index contributed by atoms with van der Waals surface area (Å²) < 4.78 is 33.0. The summed E-state index contributed by atoms with van der Waals surface area (Å²) in [7, 11) is 1.26. The Balaban J connectivity index is 0.000000696. The monoisotopic (exact) mass is 440 g/mol. The predicted molar refractivity (Wildman–Crippen MR) is 119 cm³/mol. The second kappa shape index (κ2) is 14.9. The third-order valence-electron chi connectivity index (χ3n) is 3.30. The molecular weight excluding hydrogens is 409 g/mol. The predicted octanol–water partition coefficient (Wildman–Crippen LogP) is 4.84. The minimum Gasteiger partial charge on any atom is -0.361 e. The van der Waals surface area contributed by atoms with Crippen LogP contribution < -0.4 is 10.6 Å². The molecule has 10 heteroatoms. The highest BCUT2D eigenvalue weighted by atomic mass is 19.4. The number of hydrogen-bond acceptors (Lipinski definition) is 6. The van der Waals surface area contributed by atoms with E-state index in [0.29, 0.717) is 11.6 Å². The van der Waals surface area contributed by atoms with E-state index in [2.05, 4.69) is 25.3 Å². The standard InChI is InChI=1S/C14H13N5O.C3H6F3N.2C2H6/c1-9(8-20)18-12-4-6-16-14(19-12)11-7-17-13-10(11)3-2-5-15-13;1-7-2-3(4,5)6;2*1-2/h2-9H,1H3,(H,15,17)(H,16,18,19);7H,2H2,1H3;2*1-2H3/t9-;;;/m0.../s1. The van der Waals surface area contributed by atoms with E-state index in [-0.39, 0.29) is 6.04 Å². The number of halogens is 3. The van der Waals surface area contributed by atoms with Crippen molar-refractivity contribution in [2.75, 3.05) is 18.9 Å². The molecule has 0 aliphatic rings. The van der Waals surface area contributed by atoms with Gasteiger partial charge in [0.25, 0.3) is 0 Å². The van der Waals surface area contributed by atoms with Crippen LogP contribution in [0, 0.1) is 0 Å². The van der Waals surface area contributed by atoms with Gasteiger partial charge in [-0.25, -0.2) is 15.0 Å². The number of nitrogens with zero attached hydrogens (tertiary/aromatic N) is 3. The summed E-state index contributed by atoms with van der Waals surface area (Å²) in [6.45, 7) is 8.86. The lowest BCUT2D eigenvalue weighted by Gasteiger charge is -2.08. The van der Waals surface area contributed by atoms with Crippen LogP contribution in [0.5, 0.6) is 0 Å². The first-order chi connectivity index (χ1) is 14.8. The number of carbonyl (C=O) groups excluding carboxylic acids is 1. The highest BCUT2D eigenvalue weighted by Crippen LogP contribution is 2.25. The number of aromatic nitrogens is 4. The van der Waals surface area contributed by atoms with Gasteiger partial charge in [-0.15, -0.1) is 0 Å². The van der Waals surface area contributed by atoms with Gasteiger partial charge < -0.3 is 20.4 Å². The summed E-state index contributed by atoms with van der Waals surface area (Å²) in [5.41, 5.74) is 1.68. The molecular formula is C21H31F3N6O. The van der Waals surface area contributed by atoms with Crippen molar-refractivity contribution in [2.45, 2.75) is 46.8 Å². The summed E-state index contributed by atoms with van der Waals surface area (Å²) in [5.74, 6) is 1.21. The summed E-state index contributed by atoms with van der Waals surface area (Å²) in [6, 6.07) is 5.28. The number of alkyl halides is 3. The molecule has 3 aromatic heterocycles. The zero-order chi connectivity index (χ0) is 23.9. The van der Waals surface area contributed by atoms with Crippen LogP contribution in [0.1, 0.15) is 34.6 Å². The Morgan fingerprint density at radius 2 is 1.81 bits per heavy atom. The second-order valence-electron chi connectivity index (χ2n) is 5.58. The zero-order valence-corrected chi connectivity index (χ0v) is 18.7. The molecule has 3 rings (SSSR count). The molecule has 0 fully saturated rings. The van der Waals surface area contributed by atoms with Crippen molar-refractivity contribution in [1.29, 1.82) is 0 Å². The SMILES string of the molecule is CC.CC.CNCC(F)(F)F.C[C@@H](C=O)Nc1ccnc(-c2c[nH]c3ncccc23)n1. The number of aldehydes is 1. The molecule has 0 amide bonds. The topological polar surface area (TPSA) is 95.6 Å². The van der Waals surface area contributed by atoms with E-state index in [9.17, 15) is 18.0 Å². The molecule has 0 aliphatic heterocycles. The Morgan fingerprint density at radius 1 is 1.13 bits per heavy atom. The third-order valence-corrected chi connectivity index (χ3v) is 3.30. The number of rotatable bonds is 5. The number of hydrogen-bond donors (Lipinski definition) is 3. The van der Waals surface area contributed by atoms with Crippen molar-refractivity contribution < 1.29 is 18.0 Å². The molecule has 3 aromatic rings. The second-order valence-corrected chi connectivity index (χ2v) is 5.58. The Bertz CT molecular complexity index is 883. The smallest absolute Gasteiger partial charge is 0.361 e.